The van der Waals surface area contributed by atoms with Crippen molar-refractivity contribution in [1.29, 1.82) is 0 Å². The molecule has 0 aliphatic carbocycles. The summed E-state index contributed by atoms with van der Waals surface area (Å²) < 4.78 is 33.4. The first-order chi connectivity index (χ1) is 7.43. The summed E-state index contributed by atoms with van der Waals surface area (Å²) >= 11 is 0. The lowest BCUT2D eigenvalue weighted by Crippen LogP contribution is -2.43. The van der Waals surface area contributed by atoms with Crippen LogP contribution < -0.4 is 9.92 Å². The van der Waals surface area contributed by atoms with E-state index in [2.05, 4.69) is 0 Å². The molecule has 1 aromatic carbocycles. The number of halogens is 2. The van der Waals surface area contributed by atoms with Gasteiger partial charge in [0.25, 0.3) is 0 Å². The molecule has 1 unspecified atom stereocenters. The molecule has 0 saturated carbocycles. The average Bonchev–Trinajstić information content (AvgIpc) is 2.27. The third-order valence-electron chi connectivity index (χ3n) is 2.95. The van der Waals surface area contributed by atoms with Gasteiger partial charge in [0.15, 0.2) is 0 Å². The first-order valence-electron chi connectivity index (χ1n) is 5.46. The lowest BCUT2D eigenvalue weighted by molar-refractivity contribution is 0.415. The molecule has 0 fully saturated rings. The summed E-state index contributed by atoms with van der Waals surface area (Å²) in [4.78, 5) is 0. The molecule has 0 saturated heterocycles. The van der Waals surface area contributed by atoms with Crippen LogP contribution in [0.3, 0.4) is 0 Å². The summed E-state index contributed by atoms with van der Waals surface area (Å²) in [6.07, 6.45) is 0.496. The minimum atomic E-state index is -4.40. The molecule has 90 valence electrons. The van der Waals surface area contributed by atoms with E-state index in [0.717, 1.165) is 5.56 Å². The van der Waals surface area contributed by atoms with Crippen LogP contribution >= 0.6 is 0 Å². The molecular formula is C12H18F2OSi. The normalized spacial score (nSPS) is 13.6. The fourth-order valence-corrected chi connectivity index (χ4v) is 3.45. The molecule has 1 nitrogen and oxygen atoms in total. The Kier molecular flexibility index (Phi) is 4.07. The molecule has 0 radical (unpaired) electrons. The second kappa shape index (κ2) is 4.95. The van der Waals surface area contributed by atoms with Crippen molar-refractivity contribution >= 4 is 13.9 Å². The van der Waals surface area contributed by atoms with E-state index in [1.165, 1.54) is 13.2 Å². The van der Waals surface area contributed by atoms with Crippen LogP contribution in [0.5, 0.6) is 5.75 Å². The van der Waals surface area contributed by atoms with Gasteiger partial charge in [-0.25, -0.2) is 0 Å². The second-order valence-electron chi connectivity index (χ2n) is 4.14. The third-order valence-corrected chi connectivity index (χ3v) is 5.72. The van der Waals surface area contributed by atoms with Crippen LogP contribution in [-0.2, 0) is 0 Å². The molecule has 16 heavy (non-hydrogen) atoms. The molecule has 1 aromatic rings. The number of ether oxygens (including phenoxy) is 1. The molecule has 0 bridgehead atoms. The Bertz CT molecular complexity index is 366. The number of rotatable bonds is 4. The molecule has 1 rings (SSSR count). The summed E-state index contributed by atoms with van der Waals surface area (Å²) in [5.74, 6) is 0.331. The van der Waals surface area contributed by atoms with Crippen LogP contribution in [0.1, 0.15) is 25.8 Å². The topological polar surface area (TPSA) is 9.23 Å². The third kappa shape index (κ3) is 2.43. The van der Waals surface area contributed by atoms with Crippen molar-refractivity contribution in [1.82, 2.24) is 0 Å². The fraction of sp³-hybridized carbons (Fsp3) is 0.500. The van der Waals surface area contributed by atoms with Crippen molar-refractivity contribution in [3.63, 3.8) is 0 Å². The number of aryl methyl sites for hydroxylation is 1. The lowest BCUT2D eigenvalue weighted by Gasteiger charge is -2.21. The van der Waals surface area contributed by atoms with E-state index in [1.807, 2.05) is 6.92 Å². The van der Waals surface area contributed by atoms with E-state index < -0.39 is 14.3 Å². The molecule has 0 aliphatic rings. The van der Waals surface area contributed by atoms with E-state index in [-0.39, 0.29) is 5.19 Å². The van der Waals surface area contributed by atoms with Crippen LogP contribution in [0.15, 0.2) is 18.2 Å². The van der Waals surface area contributed by atoms with Crippen molar-refractivity contribution in [2.75, 3.05) is 7.11 Å². The Morgan fingerprint density at radius 2 is 2.00 bits per heavy atom. The molecule has 0 amide bonds. The Hall–Kier alpha value is -0.903. The standard InChI is InChI=1S/C12H18F2OSi/c1-5-10(3)16(13,14)12-7-6-9(2)8-11(12)15-4/h6-8,10H,5H2,1-4H3. The monoisotopic (exact) mass is 244 g/mol. The zero-order valence-electron chi connectivity index (χ0n) is 10.2. The molecule has 0 N–H and O–H groups in total. The van der Waals surface area contributed by atoms with Crippen molar-refractivity contribution in [2.24, 2.45) is 0 Å². The van der Waals surface area contributed by atoms with Gasteiger partial charge in [0.1, 0.15) is 5.75 Å². The van der Waals surface area contributed by atoms with Crippen LogP contribution in [0.4, 0.5) is 8.22 Å². The summed E-state index contributed by atoms with van der Waals surface area (Å²) in [5, 5.41) is 0.120. The molecular weight excluding hydrogens is 226 g/mol. The zero-order valence-corrected chi connectivity index (χ0v) is 11.2. The average molecular weight is 244 g/mol. The summed E-state index contributed by atoms with van der Waals surface area (Å²) in [7, 11) is -2.95. The van der Waals surface area contributed by atoms with Crippen LogP contribution in [0.25, 0.3) is 0 Å². The number of methoxy groups -OCH3 is 1. The fourth-order valence-electron chi connectivity index (χ4n) is 1.60. The Balaban J connectivity index is 3.21. The SMILES string of the molecule is CCC(C)[Si](F)(F)c1ccc(C)cc1OC. The van der Waals surface area contributed by atoms with Gasteiger partial charge in [0, 0.05) is 10.7 Å². The highest BCUT2D eigenvalue weighted by Gasteiger charge is 2.45. The molecule has 0 heterocycles. The first-order valence-corrected chi connectivity index (χ1v) is 7.29. The summed E-state index contributed by atoms with van der Waals surface area (Å²) in [6.45, 7) is 5.28. The van der Waals surface area contributed by atoms with Gasteiger partial charge in [-0.15, -0.1) is 0 Å². The van der Waals surface area contributed by atoms with E-state index in [0.29, 0.717) is 12.2 Å². The lowest BCUT2D eigenvalue weighted by atomic mass is 10.2. The van der Waals surface area contributed by atoms with Gasteiger partial charge in [-0.3, -0.25) is 8.22 Å². The maximum absolute atomic E-state index is 14.2. The Morgan fingerprint density at radius 1 is 1.38 bits per heavy atom. The number of benzene rings is 1. The van der Waals surface area contributed by atoms with Crippen molar-refractivity contribution in [3.8, 4) is 5.75 Å². The summed E-state index contributed by atoms with van der Waals surface area (Å²) in [5.41, 5.74) is 0.388. The van der Waals surface area contributed by atoms with Crippen LogP contribution in [-0.4, -0.2) is 15.9 Å². The quantitative estimate of drug-likeness (QED) is 0.582. The predicted molar refractivity (Wildman–Crippen MR) is 65.1 cm³/mol. The van der Waals surface area contributed by atoms with Crippen molar-refractivity contribution < 1.29 is 13.0 Å². The van der Waals surface area contributed by atoms with Gasteiger partial charge in [-0.05, 0) is 18.6 Å². The van der Waals surface area contributed by atoms with Crippen molar-refractivity contribution in [2.45, 2.75) is 32.7 Å². The van der Waals surface area contributed by atoms with Crippen molar-refractivity contribution in [3.05, 3.63) is 23.8 Å². The van der Waals surface area contributed by atoms with Gasteiger partial charge >= 0.3 is 8.74 Å². The second-order valence-corrected chi connectivity index (χ2v) is 6.91. The van der Waals surface area contributed by atoms with Gasteiger partial charge in [0.05, 0.1) is 7.11 Å². The maximum Gasteiger partial charge on any atom is 0.461 e. The molecule has 4 heteroatoms. The van der Waals surface area contributed by atoms with Gasteiger partial charge in [-0.1, -0.05) is 32.4 Å². The highest BCUT2D eigenvalue weighted by molar-refractivity contribution is 6.81. The number of hydrogen-bond acceptors (Lipinski definition) is 1. The van der Waals surface area contributed by atoms with Crippen LogP contribution in [0.2, 0.25) is 5.54 Å². The first kappa shape index (κ1) is 13.2. The van der Waals surface area contributed by atoms with Gasteiger partial charge in [0.2, 0.25) is 0 Å². The summed E-state index contributed by atoms with van der Waals surface area (Å²) in [6, 6.07) is 4.92. The molecule has 0 aromatic heterocycles. The van der Waals surface area contributed by atoms with E-state index in [9.17, 15) is 8.22 Å². The van der Waals surface area contributed by atoms with Gasteiger partial charge in [-0.2, -0.15) is 0 Å². The van der Waals surface area contributed by atoms with E-state index in [4.69, 9.17) is 4.74 Å². The highest BCUT2D eigenvalue weighted by Crippen LogP contribution is 2.30. The largest absolute Gasteiger partial charge is 0.497 e. The Morgan fingerprint density at radius 3 is 2.50 bits per heavy atom. The highest BCUT2D eigenvalue weighted by atomic mass is 28.4. The van der Waals surface area contributed by atoms with E-state index >= 15 is 0 Å². The van der Waals surface area contributed by atoms with Gasteiger partial charge < -0.3 is 4.74 Å². The molecule has 1 atom stereocenters. The smallest absolute Gasteiger partial charge is 0.461 e. The Labute approximate surface area is 96.8 Å². The number of hydrogen-bond donors (Lipinski definition) is 0. The predicted octanol–water partition coefficient (Wildman–Crippen LogP) is 3.39. The maximum atomic E-state index is 14.2. The van der Waals surface area contributed by atoms with Crippen LogP contribution in [0, 0.1) is 6.92 Å². The molecule has 0 spiro atoms. The van der Waals surface area contributed by atoms with E-state index in [1.54, 1.807) is 26.0 Å². The minimum Gasteiger partial charge on any atom is -0.497 e. The minimum absolute atomic E-state index is 0.120. The zero-order chi connectivity index (χ0) is 12.3. The molecule has 0 aliphatic heterocycles.